The summed E-state index contributed by atoms with van der Waals surface area (Å²) in [6.45, 7) is 1.61. The van der Waals surface area contributed by atoms with Crippen LogP contribution in [-0.4, -0.2) is 36.9 Å². The van der Waals surface area contributed by atoms with E-state index in [9.17, 15) is 14.0 Å². The molecule has 3 rings (SSSR count). The van der Waals surface area contributed by atoms with Crippen LogP contribution in [0.25, 0.3) is 0 Å². The minimum absolute atomic E-state index is 0.0319. The molecule has 5 nitrogen and oxygen atoms in total. The summed E-state index contributed by atoms with van der Waals surface area (Å²) >= 11 is 6.11. The molecule has 0 aliphatic carbocycles. The maximum absolute atomic E-state index is 13.9. The lowest BCUT2D eigenvalue weighted by Crippen LogP contribution is -2.40. The molecule has 2 aromatic carbocycles. The molecule has 7 heteroatoms. The minimum Gasteiger partial charge on any atom is -0.494 e. The summed E-state index contributed by atoms with van der Waals surface area (Å²) in [6, 6.07) is 11.7. The zero-order chi connectivity index (χ0) is 21.5. The van der Waals surface area contributed by atoms with E-state index in [1.807, 2.05) is 18.2 Å². The second-order valence-corrected chi connectivity index (χ2v) is 7.92. The normalized spacial score (nSPS) is 16.2. The fraction of sp³-hybridized carbons (Fsp3) is 0.391. The molecular weight excluding hydrogens is 407 g/mol. The number of carbonyl (C=O) groups is 2. The van der Waals surface area contributed by atoms with Gasteiger partial charge in [0.2, 0.25) is 5.91 Å². The van der Waals surface area contributed by atoms with Crippen LogP contribution in [0.2, 0.25) is 5.02 Å². The lowest BCUT2D eigenvalue weighted by Gasteiger charge is -2.33. The van der Waals surface area contributed by atoms with Gasteiger partial charge in [-0.3, -0.25) is 9.59 Å². The average molecular weight is 433 g/mol. The Morgan fingerprint density at radius 1 is 1.27 bits per heavy atom. The number of piperidine rings is 1. The molecule has 1 heterocycles. The van der Waals surface area contributed by atoms with E-state index in [1.54, 1.807) is 17.0 Å². The first-order chi connectivity index (χ1) is 14.5. The van der Waals surface area contributed by atoms with Crippen molar-refractivity contribution in [1.82, 2.24) is 10.2 Å². The number of amides is 2. The van der Waals surface area contributed by atoms with Crippen molar-refractivity contribution in [1.29, 1.82) is 0 Å². The molecule has 1 saturated heterocycles. The maximum atomic E-state index is 13.9. The first kappa shape index (κ1) is 22.1. The third-order valence-electron chi connectivity index (χ3n) is 5.42. The topological polar surface area (TPSA) is 58.6 Å². The van der Waals surface area contributed by atoms with Crippen LogP contribution in [-0.2, 0) is 11.3 Å². The second kappa shape index (κ2) is 10.4. The largest absolute Gasteiger partial charge is 0.494 e. The highest BCUT2D eigenvalue weighted by Gasteiger charge is 2.25. The van der Waals surface area contributed by atoms with Crippen LogP contribution in [0.1, 0.15) is 41.6 Å². The zero-order valence-electron chi connectivity index (χ0n) is 17.0. The van der Waals surface area contributed by atoms with Gasteiger partial charge in [-0.1, -0.05) is 29.8 Å². The Bertz CT molecular complexity index is 906. The zero-order valence-corrected chi connectivity index (χ0v) is 17.8. The predicted octanol–water partition coefficient (Wildman–Crippen LogP) is 4.44. The summed E-state index contributed by atoms with van der Waals surface area (Å²) in [4.78, 5) is 26.7. The van der Waals surface area contributed by atoms with Crippen molar-refractivity contribution >= 4 is 23.4 Å². The molecule has 0 spiro atoms. The standard InChI is InChI=1S/C23H26ClFN2O3/c1-30-21-10-9-17(13-20(21)25)23(29)27-12-4-5-16(15-27)8-11-22(28)26-14-18-6-2-3-7-19(18)24/h2-3,6-7,9-10,13,16H,4-5,8,11-12,14-15H2,1H3,(H,26,28). The monoisotopic (exact) mass is 432 g/mol. The van der Waals surface area contributed by atoms with E-state index < -0.39 is 5.82 Å². The molecule has 2 amide bonds. The fourth-order valence-electron chi connectivity index (χ4n) is 3.73. The molecule has 0 radical (unpaired) electrons. The van der Waals surface area contributed by atoms with Gasteiger partial charge in [0.05, 0.1) is 7.11 Å². The van der Waals surface area contributed by atoms with E-state index in [4.69, 9.17) is 16.3 Å². The molecule has 1 aliphatic heterocycles. The number of hydrogen-bond acceptors (Lipinski definition) is 3. The number of likely N-dealkylation sites (tertiary alicyclic amines) is 1. The van der Waals surface area contributed by atoms with Crippen molar-refractivity contribution in [3.8, 4) is 5.75 Å². The van der Waals surface area contributed by atoms with Crippen molar-refractivity contribution in [2.24, 2.45) is 5.92 Å². The number of rotatable bonds is 7. The van der Waals surface area contributed by atoms with Crippen LogP contribution in [0.15, 0.2) is 42.5 Å². The Kier molecular flexibility index (Phi) is 7.69. The van der Waals surface area contributed by atoms with E-state index in [-0.39, 0.29) is 23.5 Å². The Morgan fingerprint density at radius 3 is 2.80 bits per heavy atom. The van der Waals surface area contributed by atoms with E-state index in [0.717, 1.165) is 18.4 Å². The molecule has 1 unspecified atom stereocenters. The summed E-state index contributed by atoms with van der Waals surface area (Å²) < 4.78 is 18.8. The number of hydrogen-bond donors (Lipinski definition) is 1. The van der Waals surface area contributed by atoms with Crippen LogP contribution >= 0.6 is 11.6 Å². The Morgan fingerprint density at radius 2 is 2.07 bits per heavy atom. The summed E-state index contributed by atoms with van der Waals surface area (Å²) in [7, 11) is 1.39. The van der Waals surface area contributed by atoms with Gasteiger partial charge in [-0.2, -0.15) is 0 Å². The Balaban J connectivity index is 1.48. The van der Waals surface area contributed by atoms with Gasteiger partial charge in [0.1, 0.15) is 0 Å². The molecule has 160 valence electrons. The number of nitrogens with zero attached hydrogens (tertiary/aromatic N) is 1. The molecule has 0 bridgehead atoms. The third kappa shape index (κ3) is 5.72. The molecule has 30 heavy (non-hydrogen) atoms. The Labute approximate surface area is 181 Å². The number of methoxy groups -OCH3 is 1. The maximum Gasteiger partial charge on any atom is 0.253 e. The summed E-state index contributed by atoms with van der Waals surface area (Å²) in [5, 5.41) is 3.53. The third-order valence-corrected chi connectivity index (χ3v) is 5.79. The SMILES string of the molecule is COc1ccc(C(=O)N2CCCC(CCC(=O)NCc3ccccc3Cl)C2)cc1F. The van der Waals surface area contributed by atoms with Gasteiger partial charge < -0.3 is 15.0 Å². The summed E-state index contributed by atoms with van der Waals surface area (Å²) in [6.07, 6.45) is 2.94. The van der Waals surface area contributed by atoms with Crippen LogP contribution in [0.3, 0.4) is 0 Å². The van der Waals surface area contributed by atoms with Crippen molar-refractivity contribution in [2.45, 2.75) is 32.2 Å². The van der Waals surface area contributed by atoms with Crippen LogP contribution in [0, 0.1) is 11.7 Å². The van der Waals surface area contributed by atoms with Crippen molar-refractivity contribution < 1.29 is 18.7 Å². The molecule has 0 saturated carbocycles. The van der Waals surface area contributed by atoms with E-state index in [0.29, 0.717) is 43.1 Å². The van der Waals surface area contributed by atoms with E-state index in [1.165, 1.54) is 19.2 Å². The number of halogens is 2. The molecule has 0 aromatic heterocycles. The smallest absolute Gasteiger partial charge is 0.253 e. The van der Waals surface area contributed by atoms with Gasteiger partial charge in [0.25, 0.3) is 5.91 Å². The van der Waals surface area contributed by atoms with Gasteiger partial charge in [-0.25, -0.2) is 4.39 Å². The lowest BCUT2D eigenvalue weighted by molar-refractivity contribution is -0.121. The lowest BCUT2D eigenvalue weighted by atomic mass is 9.92. The average Bonchev–Trinajstić information content (AvgIpc) is 2.76. The number of benzene rings is 2. The fourth-order valence-corrected chi connectivity index (χ4v) is 3.93. The van der Waals surface area contributed by atoms with Crippen LogP contribution in [0.5, 0.6) is 5.75 Å². The van der Waals surface area contributed by atoms with E-state index in [2.05, 4.69) is 5.32 Å². The molecular formula is C23H26ClFN2O3. The predicted molar refractivity (Wildman–Crippen MR) is 114 cm³/mol. The highest BCUT2D eigenvalue weighted by atomic mass is 35.5. The van der Waals surface area contributed by atoms with Crippen molar-refractivity contribution in [3.05, 3.63) is 64.4 Å². The molecule has 1 N–H and O–H groups in total. The molecule has 2 aromatic rings. The van der Waals surface area contributed by atoms with Gasteiger partial charge in [0, 0.05) is 36.6 Å². The highest BCUT2D eigenvalue weighted by Crippen LogP contribution is 2.24. The van der Waals surface area contributed by atoms with Crippen LogP contribution in [0.4, 0.5) is 4.39 Å². The summed E-state index contributed by atoms with van der Waals surface area (Å²) in [5.74, 6) is -0.408. The van der Waals surface area contributed by atoms with Gasteiger partial charge in [-0.15, -0.1) is 0 Å². The van der Waals surface area contributed by atoms with E-state index >= 15 is 0 Å². The summed E-state index contributed by atoms with van der Waals surface area (Å²) in [5.41, 5.74) is 1.19. The second-order valence-electron chi connectivity index (χ2n) is 7.52. The number of ether oxygens (including phenoxy) is 1. The highest BCUT2D eigenvalue weighted by molar-refractivity contribution is 6.31. The first-order valence-electron chi connectivity index (χ1n) is 10.1. The van der Waals surface area contributed by atoms with Gasteiger partial charge >= 0.3 is 0 Å². The molecule has 1 atom stereocenters. The number of nitrogens with one attached hydrogen (secondary N) is 1. The quantitative estimate of drug-likeness (QED) is 0.703. The van der Waals surface area contributed by atoms with Crippen molar-refractivity contribution in [3.63, 3.8) is 0 Å². The van der Waals surface area contributed by atoms with Gasteiger partial charge in [-0.05, 0) is 55.0 Å². The molecule has 1 fully saturated rings. The van der Waals surface area contributed by atoms with Crippen LogP contribution < -0.4 is 10.1 Å². The van der Waals surface area contributed by atoms with Gasteiger partial charge in [0.15, 0.2) is 11.6 Å². The molecule has 1 aliphatic rings. The minimum atomic E-state index is -0.549. The Hall–Kier alpha value is -2.60. The van der Waals surface area contributed by atoms with Crippen molar-refractivity contribution in [2.75, 3.05) is 20.2 Å². The first-order valence-corrected chi connectivity index (χ1v) is 10.5. The number of carbonyl (C=O) groups excluding carboxylic acids is 2.